The number of carbonyl (C=O) groups excluding carboxylic acids is 1. The highest BCUT2D eigenvalue weighted by molar-refractivity contribution is 6.34. The molecule has 0 aliphatic rings. The van der Waals surface area contributed by atoms with Gasteiger partial charge in [-0.25, -0.2) is 0 Å². The Hall–Kier alpha value is -1.22. The van der Waals surface area contributed by atoms with E-state index in [9.17, 15) is 4.79 Å². The molecule has 0 fully saturated rings. The summed E-state index contributed by atoms with van der Waals surface area (Å²) >= 11 is 5.82. The van der Waals surface area contributed by atoms with Crippen LogP contribution in [-0.4, -0.2) is 13.0 Å². The van der Waals surface area contributed by atoms with E-state index < -0.39 is 0 Å². The van der Waals surface area contributed by atoms with Gasteiger partial charge in [0.2, 0.25) is 0 Å². The zero-order valence-electron chi connectivity index (χ0n) is 7.52. The van der Waals surface area contributed by atoms with Crippen molar-refractivity contribution in [2.24, 2.45) is 0 Å². The summed E-state index contributed by atoms with van der Waals surface area (Å²) in [6, 6.07) is 3.43. The quantitative estimate of drug-likeness (QED) is 0.674. The van der Waals surface area contributed by atoms with Gasteiger partial charge in [-0.2, -0.15) is 0 Å². The minimum Gasteiger partial charge on any atom is -0.397 e. The predicted octanol–water partition coefficient (Wildman–Crippen LogP) is 1.59. The Morgan fingerprint density at radius 3 is 2.69 bits per heavy atom. The third-order valence-electron chi connectivity index (χ3n) is 1.75. The van der Waals surface area contributed by atoms with Gasteiger partial charge in [0.05, 0.1) is 16.3 Å². The molecule has 0 bridgehead atoms. The van der Waals surface area contributed by atoms with Crippen molar-refractivity contribution in [2.45, 2.75) is 6.92 Å². The van der Waals surface area contributed by atoms with Gasteiger partial charge in [0.15, 0.2) is 0 Å². The van der Waals surface area contributed by atoms with Crippen LogP contribution in [0.3, 0.4) is 0 Å². The molecule has 1 rings (SSSR count). The lowest BCUT2D eigenvalue weighted by molar-refractivity contribution is 0.0964. The Balaban J connectivity index is 3.28. The van der Waals surface area contributed by atoms with Crippen molar-refractivity contribution >= 4 is 23.2 Å². The van der Waals surface area contributed by atoms with E-state index in [0.29, 0.717) is 16.3 Å². The van der Waals surface area contributed by atoms with Crippen LogP contribution in [-0.2, 0) is 0 Å². The molecule has 0 radical (unpaired) electrons. The molecule has 1 aromatic carbocycles. The molecule has 0 saturated carbocycles. The number of halogens is 1. The second-order valence-corrected chi connectivity index (χ2v) is 3.19. The molecule has 0 unspecified atom stereocenters. The summed E-state index contributed by atoms with van der Waals surface area (Å²) in [4.78, 5) is 11.3. The zero-order chi connectivity index (χ0) is 10.0. The number of hydrogen-bond acceptors (Lipinski definition) is 2. The van der Waals surface area contributed by atoms with Crippen LogP contribution in [0.4, 0.5) is 5.69 Å². The van der Waals surface area contributed by atoms with E-state index in [0.717, 1.165) is 5.56 Å². The van der Waals surface area contributed by atoms with Crippen molar-refractivity contribution in [1.29, 1.82) is 0 Å². The number of aryl methyl sites for hydroxylation is 1. The lowest BCUT2D eigenvalue weighted by Gasteiger charge is -2.07. The van der Waals surface area contributed by atoms with Crippen LogP contribution < -0.4 is 11.1 Å². The van der Waals surface area contributed by atoms with Gasteiger partial charge in [-0.3, -0.25) is 4.79 Å². The minimum absolute atomic E-state index is 0.219. The summed E-state index contributed by atoms with van der Waals surface area (Å²) in [6.07, 6.45) is 0. The van der Waals surface area contributed by atoms with Gasteiger partial charge in [0.25, 0.3) is 5.91 Å². The summed E-state index contributed by atoms with van der Waals surface area (Å²) in [5, 5.41) is 2.91. The van der Waals surface area contributed by atoms with Crippen LogP contribution in [0.1, 0.15) is 15.9 Å². The van der Waals surface area contributed by atoms with Crippen molar-refractivity contribution in [2.75, 3.05) is 12.8 Å². The zero-order valence-corrected chi connectivity index (χ0v) is 8.27. The molecule has 4 heteroatoms. The maximum Gasteiger partial charge on any atom is 0.253 e. The Morgan fingerprint density at radius 2 is 2.15 bits per heavy atom. The van der Waals surface area contributed by atoms with Gasteiger partial charge in [-0.15, -0.1) is 0 Å². The molecule has 0 saturated heterocycles. The topological polar surface area (TPSA) is 55.1 Å². The minimum atomic E-state index is -0.219. The van der Waals surface area contributed by atoms with E-state index in [1.54, 1.807) is 19.2 Å². The first-order valence-electron chi connectivity index (χ1n) is 3.84. The van der Waals surface area contributed by atoms with Gasteiger partial charge >= 0.3 is 0 Å². The van der Waals surface area contributed by atoms with Crippen molar-refractivity contribution in [3.05, 3.63) is 28.3 Å². The molecule has 1 amide bonds. The van der Waals surface area contributed by atoms with Crippen LogP contribution in [0, 0.1) is 6.92 Å². The molecular formula is C9H11ClN2O. The Morgan fingerprint density at radius 1 is 1.54 bits per heavy atom. The first-order valence-corrected chi connectivity index (χ1v) is 4.21. The smallest absolute Gasteiger partial charge is 0.253 e. The molecule has 0 spiro atoms. The molecular weight excluding hydrogens is 188 g/mol. The van der Waals surface area contributed by atoms with Crippen LogP contribution in [0.5, 0.6) is 0 Å². The third kappa shape index (κ3) is 1.92. The number of hydrogen-bond donors (Lipinski definition) is 2. The highest BCUT2D eigenvalue weighted by atomic mass is 35.5. The van der Waals surface area contributed by atoms with E-state index in [1.807, 2.05) is 6.92 Å². The van der Waals surface area contributed by atoms with E-state index in [2.05, 4.69) is 5.32 Å². The van der Waals surface area contributed by atoms with Gasteiger partial charge in [0.1, 0.15) is 0 Å². The molecule has 3 nitrogen and oxygen atoms in total. The number of nitrogens with one attached hydrogen (secondary N) is 1. The largest absolute Gasteiger partial charge is 0.397 e. The molecule has 70 valence electrons. The van der Waals surface area contributed by atoms with Crippen LogP contribution in [0.2, 0.25) is 5.02 Å². The summed E-state index contributed by atoms with van der Waals surface area (Å²) in [6.45, 7) is 1.86. The molecule has 0 aliphatic carbocycles. The van der Waals surface area contributed by atoms with Gasteiger partial charge in [0, 0.05) is 7.05 Å². The van der Waals surface area contributed by atoms with Crippen molar-refractivity contribution in [3.8, 4) is 0 Å². The summed E-state index contributed by atoms with van der Waals surface area (Å²) in [7, 11) is 1.55. The van der Waals surface area contributed by atoms with Gasteiger partial charge in [-0.05, 0) is 24.6 Å². The summed E-state index contributed by atoms with van der Waals surface area (Å²) in [5.41, 5.74) is 7.30. The fourth-order valence-corrected chi connectivity index (χ4v) is 1.35. The van der Waals surface area contributed by atoms with E-state index in [-0.39, 0.29) is 5.91 Å². The van der Waals surface area contributed by atoms with E-state index >= 15 is 0 Å². The fraction of sp³-hybridized carbons (Fsp3) is 0.222. The summed E-state index contributed by atoms with van der Waals surface area (Å²) < 4.78 is 0. The number of rotatable bonds is 1. The Kier molecular flexibility index (Phi) is 2.78. The van der Waals surface area contributed by atoms with Gasteiger partial charge < -0.3 is 11.1 Å². The molecule has 0 aromatic heterocycles. The molecule has 0 heterocycles. The van der Waals surface area contributed by atoms with Crippen LogP contribution >= 0.6 is 11.6 Å². The molecule has 0 aliphatic heterocycles. The second kappa shape index (κ2) is 3.66. The molecule has 13 heavy (non-hydrogen) atoms. The van der Waals surface area contributed by atoms with Crippen molar-refractivity contribution in [3.63, 3.8) is 0 Å². The average molecular weight is 199 g/mol. The first kappa shape index (κ1) is 9.86. The van der Waals surface area contributed by atoms with Crippen LogP contribution in [0.25, 0.3) is 0 Å². The number of amides is 1. The first-order chi connectivity index (χ1) is 6.06. The predicted molar refractivity (Wildman–Crippen MR) is 54.0 cm³/mol. The maximum atomic E-state index is 11.3. The maximum absolute atomic E-state index is 11.3. The highest BCUT2D eigenvalue weighted by Gasteiger charge is 2.10. The number of carbonyl (C=O) groups is 1. The van der Waals surface area contributed by atoms with Crippen molar-refractivity contribution < 1.29 is 4.79 Å². The standard InChI is InChI=1S/C9H11ClN2O/c1-5-3-6(9(13)12-2)8(11)7(10)4-5/h3-4H,11H2,1-2H3,(H,12,13). The number of nitrogen functional groups attached to an aromatic ring is 1. The number of anilines is 1. The third-order valence-corrected chi connectivity index (χ3v) is 2.06. The highest BCUT2D eigenvalue weighted by Crippen LogP contribution is 2.24. The number of nitrogens with two attached hydrogens (primary N) is 1. The SMILES string of the molecule is CNC(=O)c1cc(C)cc(Cl)c1N. The van der Waals surface area contributed by atoms with E-state index in [4.69, 9.17) is 17.3 Å². The summed E-state index contributed by atoms with van der Waals surface area (Å²) in [5.74, 6) is -0.219. The fourth-order valence-electron chi connectivity index (χ4n) is 1.08. The van der Waals surface area contributed by atoms with Crippen molar-refractivity contribution in [1.82, 2.24) is 5.32 Å². The lowest BCUT2D eigenvalue weighted by Crippen LogP contribution is -2.19. The Labute approximate surface area is 81.9 Å². The Bertz CT molecular complexity index is 350. The monoisotopic (exact) mass is 198 g/mol. The molecule has 3 N–H and O–H groups in total. The van der Waals surface area contributed by atoms with E-state index in [1.165, 1.54) is 0 Å². The average Bonchev–Trinajstić information content (AvgIpc) is 2.10. The van der Waals surface area contributed by atoms with Gasteiger partial charge in [-0.1, -0.05) is 11.6 Å². The van der Waals surface area contributed by atoms with Crippen LogP contribution in [0.15, 0.2) is 12.1 Å². The lowest BCUT2D eigenvalue weighted by atomic mass is 10.1. The second-order valence-electron chi connectivity index (χ2n) is 2.79. The number of benzene rings is 1. The normalized spacial score (nSPS) is 9.77. The molecule has 0 atom stereocenters. The molecule has 1 aromatic rings.